The number of benzene rings is 2. The Bertz CT molecular complexity index is 1050. The van der Waals surface area contributed by atoms with Gasteiger partial charge in [0.15, 0.2) is 0 Å². The molecule has 134 valence electrons. The number of aromatic amines is 1. The first-order valence-electron chi connectivity index (χ1n) is 7.81. The zero-order valence-corrected chi connectivity index (χ0v) is 14.5. The van der Waals surface area contributed by atoms with Crippen LogP contribution in [0.5, 0.6) is 5.75 Å². The number of carbonyl (C=O) groups excluding carboxylic acids is 1. The number of ether oxygens (including phenoxy) is 1. The van der Waals surface area contributed by atoms with E-state index < -0.39 is 5.91 Å². The molecule has 3 aromatic rings. The number of aromatic nitrogens is 2. The van der Waals surface area contributed by atoms with Crippen molar-refractivity contribution in [2.24, 2.45) is 17.2 Å². The van der Waals surface area contributed by atoms with Crippen molar-refractivity contribution in [1.82, 2.24) is 10.2 Å². The number of fused-ring (bicyclic) bond motifs is 1. The minimum atomic E-state index is -0.829. The molecule has 0 spiro atoms. The third kappa shape index (κ3) is 2.67. The van der Waals surface area contributed by atoms with Gasteiger partial charge in [-0.05, 0) is 30.2 Å². The number of methoxy groups -OCH3 is 1. The predicted octanol–water partition coefficient (Wildman–Crippen LogP) is 1.20. The van der Waals surface area contributed by atoms with Crippen molar-refractivity contribution in [3.05, 3.63) is 47.3 Å². The van der Waals surface area contributed by atoms with Crippen LogP contribution in [-0.2, 0) is 4.79 Å². The number of aryl methyl sites for hydroxylation is 1. The highest BCUT2D eigenvalue weighted by atomic mass is 16.5. The van der Waals surface area contributed by atoms with Crippen LogP contribution in [0.3, 0.4) is 0 Å². The van der Waals surface area contributed by atoms with Crippen LogP contribution in [0.1, 0.15) is 11.1 Å². The summed E-state index contributed by atoms with van der Waals surface area (Å²) in [7, 11) is 1.49. The first-order chi connectivity index (χ1) is 12.3. The van der Waals surface area contributed by atoms with Crippen LogP contribution in [0, 0.1) is 6.92 Å². The zero-order chi connectivity index (χ0) is 19.0. The molecule has 0 aliphatic heterocycles. The number of primary amides is 1. The van der Waals surface area contributed by atoms with Crippen molar-refractivity contribution in [2.45, 2.75) is 6.92 Å². The summed E-state index contributed by atoms with van der Waals surface area (Å²) in [6.07, 6.45) is 1.74. The molecule has 0 fully saturated rings. The van der Waals surface area contributed by atoms with Crippen LogP contribution in [0.4, 0.5) is 5.69 Å². The van der Waals surface area contributed by atoms with E-state index in [9.17, 15) is 4.79 Å². The number of nitrogens with zero attached hydrogens (tertiary/aromatic N) is 1. The van der Waals surface area contributed by atoms with Gasteiger partial charge < -0.3 is 27.7 Å². The summed E-state index contributed by atoms with van der Waals surface area (Å²) in [6.45, 7) is 1.91. The van der Waals surface area contributed by atoms with E-state index >= 15 is 0 Å². The smallest absolute Gasteiger partial charge is 0.266 e. The second-order valence-corrected chi connectivity index (χ2v) is 5.92. The van der Waals surface area contributed by atoms with Crippen LogP contribution in [-0.4, -0.2) is 23.2 Å². The topological polar surface area (TPSA) is 159 Å². The van der Waals surface area contributed by atoms with E-state index in [0.29, 0.717) is 17.0 Å². The first kappa shape index (κ1) is 17.2. The molecule has 26 heavy (non-hydrogen) atoms. The maximum Gasteiger partial charge on any atom is 0.266 e. The summed E-state index contributed by atoms with van der Waals surface area (Å²) in [6, 6.07) is 7.60. The minimum Gasteiger partial charge on any atom is -0.496 e. The van der Waals surface area contributed by atoms with Crippen molar-refractivity contribution in [1.29, 1.82) is 0 Å². The molecule has 0 bridgehead atoms. The average molecular weight is 352 g/mol. The molecule has 0 saturated heterocycles. The normalized spacial score (nSPS) is 12.1. The number of H-pyrrole nitrogens is 1. The molecule has 1 aromatic heterocycles. The molecule has 0 unspecified atom stereocenters. The third-order valence-corrected chi connectivity index (χ3v) is 4.30. The van der Waals surface area contributed by atoms with E-state index in [-0.39, 0.29) is 11.4 Å². The van der Waals surface area contributed by atoms with Gasteiger partial charge >= 0.3 is 0 Å². The Morgan fingerprint density at radius 2 is 1.92 bits per heavy atom. The van der Waals surface area contributed by atoms with Crippen molar-refractivity contribution < 1.29 is 9.53 Å². The van der Waals surface area contributed by atoms with E-state index in [1.807, 2.05) is 25.1 Å². The number of nitrogens with one attached hydrogen (secondary N) is 1. The maximum atomic E-state index is 11.4. The number of hydrogen-bond donors (Lipinski definition) is 5. The van der Waals surface area contributed by atoms with Gasteiger partial charge in [0.25, 0.3) is 5.91 Å². The average Bonchev–Trinajstić information content (AvgIpc) is 3.07. The lowest BCUT2D eigenvalue weighted by Crippen LogP contribution is -2.24. The molecule has 0 saturated carbocycles. The Hall–Kier alpha value is -3.68. The molecular formula is C18H20N6O2. The Morgan fingerprint density at radius 3 is 2.58 bits per heavy atom. The quantitative estimate of drug-likeness (QED) is 0.350. The fourth-order valence-electron chi connectivity index (χ4n) is 2.99. The number of rotatable bonds is 4. The van der Waals surface area contributed by atoms with Crippen molar-refractivity contribution >= 4 is 28.2 Å². The number of nitrogen functional groups attached to an aromatic ring is 1. The Labute approximate surface area is 149 Å². The van der Waals surface area contributed by atoms with Crippen molar-refractivity contribution in [3.63, 3.8) is 0 Å². The molecular weight excluding hydrogens is 332 g/mol. The second-order valence-electron chi connectivity index (χ2n) is 5.92. The molecule has 0 aliphatic carbocycles. The fourth-order valence-corrected chi connectivity index (χ4v) is 2.99. The summed E-state index contributed by atoms with van der Waals surface area (Å²) in [5.41, 5.74) is 27.3. The first-order valence-corrected chi connectivity index (χ1v) is 7.81. The number of hydrogen-bond acceptors (Lipinski definition) is 6. The molecule has 2 aromatic carbocycles. The van der Waals surface area contributed by atoms with E-state index in [2.05, 4.69) is 10.2 Å². The van der Waals surface area contributed by atoms with Crippen molar-refractivity contribution in [3.8, 4) is 16.9 Å². The second kappa shape index (κ2) is 6.32. The summed E-state index contributed by atoms with van der Waals surface area (Å²) in [4.78, 5) is 11.4. The monoisotopic (exact) mass is 352 g/mol. The van der Waals surface area contributed by atoms with Crippen LogP contribution in [0.2, 0.25) is 0 Å². The largest absolute Gasteiger partial charge is 0.496 e. The van der Waals surface area contributed by atoms with Gasteiger partial charge in [-0.3, -0.25) is 9.89 Å². The van der Waals surface area contributed by atoms with Gasteiger partial charge in [0.2, 0.25) is 0 Å². The lowest BCUT2D eigenvalue weighted by atomic mass is 9.92. The molecule has 1 amide bonds. The van der Waals surface area contributed by atoms with Crippen LogP contribution in [0.15, 0.2) is 36.2 Å². The number of carbonyl (C=O) groups is 1. The van der Waals surface area contributed by atoms with E-state index in [0.717, 1.165) is 27.6 Å². The SMILES string of the molecule is COc1cc(C)c(-c2ccc3cn[nH]c3c2)c(N)c1/C(N)=C(\N)C(N)=O. The van der Waals surface area contributed by atoms with Gasteiger partial charge in [-0.25, -0.2) is 0 Å². The van der Waals surface area contributed by atoms with Gasteiger partial charge in [-0.1, -0.05) is 12.1 Å². The van der Waals surface area contributed by atoms with Gasteiger partial charge in [-0.2, -0.15) is 5.10 Å². The standard InChI is InChI=1S/C18H20N6O2/c1-8-5-12(26-2)14(16(20)17(21)18(22)25)15(19)13(8)9-3-4-10-7-23-24-11(10)6-9/h3-7H,19-21H2,1-2H3,(H2,22,25)(H,23,24)/b17-16+. The van der Waals surface area contributed by atoms with Gasteiger partial charge in [0, 0.05) is 10.9 Å². The molecule has 0 aliphatic rings. The lowest BCUT2D eigenvalue weighted by Gasteiger charge is -2.19. The molecule has 1 heterocycles. The Kier molecular flexibility index (Phi) is 4.17. The zero-order valence-electron chi connectivity index (χ0n) is 14.5. The highest BCUT2D eigenvalue weighted by molar-refractivity contribution is 6.02. The third-order valence-electron chi connectivity index (χ3n) is 4.30. The molecule has 8 heteroatoms. The number of amides is 1. The fraction of sp³-hybridized carbons (Fsp3) is 0.111. The highest BCUT2D eigenvalue weighted by Gasteiger charge is 2.21. The van der Waals surface area contributed by atoms with Crippen molar-refractivity contribution in [2.75, 3.05) is 12.8 Å². The summed E-state index contributed by atoms with van der Waals surface area (Å²) < 4.78 is 5.39. The number of anilines is 1. The number of nitrogens with two attached hydrogens (primary N) is 4. The summed E-state index contributed by atoms with van der Waals surface area (Å²) in [5, 5.41) is 7.94. The molecule has 0 atom stereocenters. The van der Waals surface area contributed by atoms with Gasteiger partial charge in [0.05, 0.1) is 35.8 Å². The maximum absolute atomic E-state index is 11.4. The molecule has 8 nitrogen and oxygen atoms in total. The van der Waals surface area contributed by atoms with Crippen LogP contribution in [0.25, 0.3) is 27.7 Å². The summed E-state index contributed by atoms with van der Waals surface area (Å²) >= 11 is 0. The summed E-state index contributed by atoms with van der Waals surface area (Å²) in [5.74, 6) is -0.418. The highest BCUT2D eigenvalue weighted by Crippen LogP contribution is 2.40. The van der Waals surface area contributed by atoms with Gasteiger partial charge in [-0.15, -0.1) is 0 Å². The molecule has 0 radical (unpaired) electrons. The Balaban J connectivity index is 2.31. The molecule has 9 N–H and O–H groups in total. The lowest BCUT2D eigenvalue weighted by molar-refractivity contribution is -0.114. The van der Waals surface area contributed by atoms with Crippen LogP contribution >= 0.6 is 0 Å². The van der Waals surface area contributed by atoms with E-state index in [4.69, 9.17) is 27.7 Å². The van der Waals surface area contributed by atoms with E-state index in [1.165, 1.54) is 7.11 Å². The molecule has 3 rings (SSSR count). The Morgan fingerprint density at radius 1 is 1.19 bits per heavy atom. The van der Waals surface area contributed by atoms with Gasteiger partial charge in [0.1, 0.15) is 11.4 Å². The minimum absolute atomic E-state index is 0.0179. The van der Waals surface area contributed by atoms with Crippen LogP contribution < -0.4 is 27.7 Å². The predicted molar refractivity (Wildman–Crippen MR) is 102 cm³/mol. The van der Waals surface area contributed by atoms with E-state index in [1.54, 1.807) is 12.3 Å².